The maximum absolute atomic E-state index is 13.0. The van der Waals surface area contributed by atoms with Crippen molar-refractivity contribution in [3.63, 3.8) is 0 Å². The number of benzene rings is 4. The molecule has 3 heteroatoms. The molecule has 0 bridgehead atoms. The van der Waals surface area contributed by atoms with Crippen molar-refractivity contribution in [2.45, 2.75) is 12.5 Å². The summed E-state index contributed by atoms with van der Waals surface area (Å²) >= 11 is 0. The number of carbonyl (C=O) groups is 1. The van der Waals surface area contributed by atoms with E-state index in [-0.39, 0.29) is 11.9 Å². The highest BCUT2D eigenvalue weighted by Crippen LogP contribution is 2.29. The van der Waals surface area contributed by atoms with Crippen LogP contribution < -0.4 is 0 Å². The highest BCUT2D eigenvalue weighted by atomic mass is 16.2. The smallest absolute Gasteiger partial charge is 0.227 e. The van der Waals surface area contributed by atoms with E-state index in [0.29, 0.717) is 6.42 Å². The Morgan fingerprint density at radius 2 is 1.06 bits per heavy atom. The van der Waals surface area contributed by atoms with E-state index < -0.39 is 0 Å². The number of rotatable bonds is 6. The molecule has 0 unspecified atom stereocenters. The van der Waals surface area contributed by atoms with Gasteiger partial charge in [-0.15, -0.1) is 0 Å². The molecule has 0 atom stereocenters. The molecule has 1 heterocycles. The van der Waals surface area contributed by atoms with Crippen molar-refractivity contribution in [3.05, 3.63) is 132 Å². The third-order valence-electron chi connectivity index (χ3n) is 6.68. The van der Waals surface area contributed by atoms with Gasteiger partial charge in [0.15, 0.2) is 0 Å². The fourth-order valence-corrected chi connectivity index (χ4v) is 4.85. The molecule has 1 amide bonds. The van der Waals surface area contributed by atoms with Gasteiger partial charge in [0, 0.05) is 26.2 Å². The van der Waals surface area contributed by atoms with E-state index in [2.05, 4.69) is 102 Å². The van der Waals surface area contributed by atoms with E-state index in [9.17, 15) is 4.79 Å². The van der Waals surface area contributed by atoms with Crippen molar-refractivity contribution in [3.8, 4) is 11.1 Å². The fourth-order valence-electron chi connectivity index (χ4n) is 4.85. The minimum absolute atomic E-state index is 0.211. The quantitative estimate of drug-likeness (QED) is 0.372. The zero-order valence-electron chi connectivity index (χ0n) is 19.4. The topological polar surface area (TPSA) is 23.6 Å². The number of amides is 1. The van der Waals surface area contributed by atoms with Crippen molar-refractivity contribution >= 4 is 5.91 Å². The lowest BCUT2D eigenvalue weighted by Crippen LogP contribution is -2.50. The number of carbonyl (C=O) groups excluding carboxylic acids is 1. The van der Waals surface area contributed by atoms with Crippen molar-refractivity contribution in [2.24, 2.45) is 0 Å². The first kappa shape index (κ1) is 22.1. The van der Waals surface area contributed by atoms with Crippen molar-refractivity contribution in [2.75, 3.05) is 26.2 Å². The molecule has 1 aliphatic heterocycles. The Balaban J connectivity index is 1.22. The molecule has 0 spiro atoms. The second kappa shape index (κ2) is 10.5. The summed E-state index contributed by atoms with van der Waals surface area (Å²) in [6.07, 6.45) is 0.454. The van der Waals surface area contributed by atoms with Gasteiger partial charge in [0.1, 0.15) is 0 Å². The van der Waals surface area contributed by atoms with Gasteiger partial charge in [-0.2, -0.15) is 0 Å². The van der Waals surface area contributed by atoms with Gasteiger partial charge in [0.25, 0.3) is 0 Å². The molecule has 4 aromatic rings. The van der Waals surface area contributed by atoms with Crippen LogP contribution in [0.1, 0.15) is 22.7 Å². The van der Waals surface area contributed by atoms with Crippen LogP contribution in [0.4, 0.5) is 0 Å². The summed E-state index contributed by atoms with van der Waals surface area (Å²) in [5.41, 5.74) is 6.04. The number of nitrogens with zero attached hydrogens (tertiary/aromatic N) is 2. The van der Waals surface area contributed by atoms with E-state index in [1.807, 2.05) is 23.1 Å². The Hall–Kier alpha value is -3.69. The predicted molar refractivity (Wildman–Crippen MR) is 138 cm³/mol. The molecule has 34 heavy (non-hydrogen) atoms. The third kappa shape index (κ3) is 5.11. The monoisotopic (exact) mass is 446 g/mol. The lowest BCUT2D eigenvalue weighted by atomic mass is 9.96. The molecular weight excluding hydrogens is 416 g/mol. The van der Waals surface area contributed by atoms with Gasteiger partial charge in [-0.1, -0.05) is 115 Å². The zero-order valence-corrected chi connectivity index (χ0v) is 19.4. The molecule has 1 aliphatic rings. The van der Waals surface area contributed by atoms with Crippen LogP contribution in [0.2, 0.25) is 0 Å². The molecular formula is C31H30N2O. The summed E-state index contributed by atoms with van der Waals surface area (Å²) in [5, 5.41) is 0. The molecule has 4 aromatic carbocycles. The van der Waals surface area contributed by atoms with E-state index in [4.69, 9.17) is 0 Å². The van der Waals surface area contributed by atoms with Crippen molar-refractivity contribution in [1.82, 2.24) is 9.80 Å². The summed E-state index contributed by atoms with van der Waals surface area (Å²) in [7, 11) is 0. The molecule has 0 saturated carbocycles. The first-order chi connectivity index (χ1) is 16.8. The standard InChI is InChI=1S/C31H30N2O/c34-30(24-25-16-18-27(19-17-25)26-10-4-1-5-11-26)32-20-22-33(23-21-32)31(28-12-6-2-7-13-28)29-14-8-3-9-15-29/h1-19,31H,20-24H2. The van der Waals surface area contributed by atoms with Gasteiger partial charge in [-0.25, -0.2) is 0 Å². The second-order valence-electron chi connectivity index (χ2n) is 8.88. The first-order valence-corrected chi connectivity index (χ1v) is 12.0. The summed E-state index contributed by atoms with van der Waals surface area (Å²) in [6.45, 7) is 3.26. The van der Waals surface area contributed by atoms with E-state index in [1.165, 1.54) is 22.3 Å². The minimum atomic E-state index is 0.211. The average molecular weight is 447 g/mol. The maximum Gasteiger partial charge on any atom is 0.227 e. The predicted octanol–water partition coefficient (Wildman–Crippen LogP) is 5.83. The maximum atomic E-state index is 13.0. The fraction of sp³-hybridized carbons (Fsp3) is 0.194. The minimum Gasteiger partial charge on any atom is -0.340 e. The number of piperazine rings is 1. The molecule has 0 aliphatic carbocycles. The van der Waals surface area contributed by atoms with Crippen LogP contribution in [0.5, 0.6) is 0 Å². The number of hydrogen-bond acceptors (Lipinski definition) is 2. The molecule has 3 nitrogen and oxygen atoms in total. The Labute approximate surface area is 202 Å². The Bertz CT molecular complexity index is 1140. The van der Waals surface area contributed by atoms with E-state index in [1.54, 1.807) is 0 Å². The van der Waals surface area contributed by atoms with Gasteiger partial charge in [0.2, 0.25) is 5.91 Å². The van der Waals surface area contributed by atoms with Crippen LogP contribution in [-0.4, -0.2) is 41.9 Å². The Morgan fingerprint density at radius 1 is 0.588 bits per heavy atom. The van der Waals surface area contributed by atoms with Crippen molar-refractivity contribution < 1.29 is 4.79 Å². The van der Waals surface area contributed by atoms with Crippen LogP contribution in [-0.2, 0) is 11.2 Å². The normalized spacial score (nSPS) is 14.3. The van der Waals surface area contributed by atoms with Crippen LogP contribution >= 0.6 is 0 Å². The lowest BCUT2D eigenvalue weighted by molar-refractivity contribution is -0.132. The third-order valence-corrected chi connectivity index (χ3v) is 6.68. The summed E-state index contributed by atoms with van der Waals surface area (Å²) in [4.78, 5) is 17.6. The van der Waals surface area contributed by atoms with Gasteiger partial charge in [0.05, 0.1) is 12.5 Å². The Morgan fingerprint density at radius 3 is 1.59 bits per heavy atom. The molecule has 0 N–H and O–H groups in total. The van der Waals surface area contributed by atoms with Crippen LogP contribution in [0, 0.1) is 0 Å². The summed E-state index contributed by atoms with van der Waals surface area (Å²) < 4.78 is 0. The van der Waals surface area contributed by atoms with Gasteiger partial charge in [-0.3, -0.25) is 9.69 Å². The van der Waals surface area contributed by atoms with E-state index in [0.717, 1.165) is 31.7 Å². The summed E-state index contributed by atoms with van der Waals surface area (Å²) in [5.74, 6) is 0.211. The van der Waals surface area contributed by atoms with Gasteiger partial charge in [-0.05, 0) is 27.8 Å². The largest absolute Gasteiger partial charge is 0.340 e. The van der Waals surface area contributed by atoms with Crippen molar-refractivity contribution in [1.29, 1.82) is 0 Å². The van der Waals surface area contributed by atoms with E-state index >= 15 is 0 Å². The van der Waals surface area contributed by atoms with Crippen LogP contribution in [0.25, 0.3) is 11.1 Å². The molecule has 0 radical (unpaired) electrons. The average Bonchev–Trinajstić information content (AvgIpc) is 2.91. The van der Waals surface area contributed by atoms with Crippen LogP contribution in [0.3, 0.4) is 0 Å². The van der Waals surface area contributed by atoms with Gasteiger partial charge < -0.3 is 4.90 Å². The zero-order chi connectivity index (χ0) is 23.2. The highest BCUT2D eigenvalue weighted by Gasteiger charge is 2.28. The second-order valence-corrected chi connectivity index (χ2v) is 8.88. The first-order valence-electron chi connectivity index (χ1n) is 12.0. The molecule has 5 rings (SSSR count). The van der Waals surface area contributed by atoms with Gasteiger partial charge >= 0.3 is 0 Å². The van der Waals surface area contributed by atoms with Crippen LogP contribution in [0.15, 0.2) is 115 Å². The molecule has 0 aromatic heterocycles. The highest BCUT2D eigenvalue weighted by molar-refractivity contribution is 5.79. The summed E-state index contributed by atoms with van der Waals surface area (Å²) in [6, 6.07) is 40.3. The molecule has 1 fully saturated rings. The SMILES string of the molecule is O=C(Cc1ccc(-c2ccccc2)cc1)N1CCN(C(c2ccccc2)c2ccccc2)CC1. The molecule has 170 valence electrons. The molecule has 1 saturated heterocycles. The lowest BCUT2D eigenvalue weighted by Gasteiger charge is -2.40. The Kier molecular flexibility index (Phi) is 6.83. The number of hydrogen-bond donors (Lipinski definition) is 0.